The summed E-state index contributed by atoms with van der Waals surface area (Å²) < 4.78 is 44.5. The number of aromatic amines is 1. The molecule has 4 aromatic rings. The molecule has 8 nitrogen and oxygen atoms in total. The first-order valence-corrected chi connectivity index (χ1v) is 12.8. The van der Waals surface area contributed by atoms with Gasteiger partial charge in [-0.3, -0.25) is 5.10 Å². The fourth-order valence-corrected chi connectivity index (χ4v) is 5.92. The molecule has 4 heterocycles. The predicted molar refractivity (Wildman–Crippen MR) is 131 cm³/mol. The fourth-order valence-electron chi connectivity index (χ4n) is 4.72. The van der Waals surface area contributed by atoms with Gasteiger partial charge in [0.15, 0.2) is 11.4 Å². The number of nitrogens with one attached hydrogen (secondary N) is 2. The van der Waals surface area contributed by atoms with E-state index in [9.17, 15) is 13.2 Å². The van der Waals surface area contributed by atoms with Gasteiger partial charge in [-0.15, -0.1) is 11.3 Å². The quantitative estimate of drug-likeness (QED) is 0.312. The van der Waals surface area contributed by atoms with Gasteiger partial charge >= 0.3 is 6.18 Å². The number of H-pyrrole nitrogens is 1. The molecule has 12 heteroatoms. The van der Waals surface area contributed by atoms with Crippen LogP contribution in [0.2, 0.25) is 0 Å². The number of methoxy groups -OCH3 is 1. The molecule has 192 valence electrons. The molecule has 4 aromatic heterocycles. The van der Waals surface area contributed by atoms with Crippen LogP contribution in [0, 0.1) is 0 Å². The minimum absolute atomic E-state index is 0.0970. The number of nitrogens with zero attached hydrogens (tertiary/aromatic N) is 5. The molecule has 1 aliphatic carbocycles. The minimum Gasteiger partial charge on any atom is -0.493 e. The molecular weight excluding hydrogens is 491 g/mol. The second-order valence-electron chi connectivity index (χ2n) is 9.34. The first-order chi connectivity index (χ1) is 17.2. The van der Waals surface area contributed by atoms with Crippen LogP contribution in [-0.4, -0.2) is 55.7 Å². The van der Waals surface area contributed by atoms with Crippen LogP contribution in [0.5, 0.6) is 5.75 Å². The van der Waals surface area contributed by atoms with Gasteiger partial charge < -0.3 is 10.1 Å². The molecule has 0 aromatic carbocycles. The molecule has 0 saturated heterocycles. The summed E-state index contributed by atoms with van der Waals surface area (Å²) in [5, 5.41) is 16.3. The third-order valence-electron chi connectivity index (χ3n) is 6.44. The molecule has 2 N–H and O–H groups in total. The zero-order valence-corrected chi connectivity index (χ0v) is 21.1. The molecule has 1 aliphatic rings. The normalized spacial score (nSPS) is 16.1. The van der Waals surface area contributed by atoms with E-state index in [1.807, 2.05) is 12.3 Å². The molecule has 0 amide bonds. The first kappa shape index (κ1) is 24.7. The molecular formula is C24H28F3N7OS. The number of hydrogen-bond donors (Lipinski definition) is 2. The Bertz CT molecular complexity index is 1360. The topological polar surface area (TPSA) is 93.0 Å². The number of aromatic nitrogens is 6. The summed E-state index contributed by atoms with van der Waals surface area (Å²) in [5.74, 6) is 0.796. The summed E-state index contributed by atoms with van der Waals surface area (Å²) in [6, 6.07) is 2.09. The number of halogens is 3. The lowest BCUT2D eigenvalue weighted by Gasteiger charge is -2.22. The van der Waals surface area contributed by atoms with Crippen molar-refractivity contribution in [3.05, 3.63) is 34.7 Å². The van der Waals surface area contributed by atoms with Crippen LogP contribution in [0.3, 0.4) is 0 Å². The summed E-state index contributed by atoms with van der Waals surface area (Å²) in [4.78, 5) is 10.3. The number of rotatable bonds is 8. The average molecular weight is 520 g/mol. The summed E-state index contributed by atoms with van der Waals surface area (Å²) in [5.41, 5.74) is 5.36. The van der Waals surface area contributed by atoms with Crippen molar-refractivity contribution in [2.75, 3.05) is 13.7 Å². The van der Waals surface area contributed by atoms with Gasteiger partial charge in [0.05, 0.1) is 18.5 Å². The molecule has 36 heavy (non-hydrogen) atoms. The Hall–Kier alpha value is -2.99. The fraction of sp³-hybridized carbons (Fsp3) is 0.500. The smallest absolute Gasteiger partial charge is 0.389 e. The lowest BCUT2D eigenvalue weighted by Crippen LogP contribution is -2.35. The Labute approximate surface area is 210 Å². The Balaban J connectivity index is 1.39. The van der Waals surface area contributed by atoms with Crippen molar-refractivity contribution in [3.63, 3.8) is 0 Å². The molecule has 5 rings (SSSR count). The van der Waals surface area contributed by atoms with Crippen LogP contribution >= 0.6 is 11.3 Å². The Morgan fingerprint density at radius 1 is 1.33 bits per heavy atom. The third-order valence-corrected chi connectivity index (χ3v) is 7.57. The van der Waals surface area contributed by atoms with E-state index in [2.05, 4.69) is 39.4 Å². The van der Waals surface area contributed by atoms with Crippen LogP contribution in [0.4, 0.5) is 13.2 Å². The van der Waals surface area contributed by atoms with Gasteiger partial charge in [0.1, 0.15) is 17.0 Å². The van der Waals surface area contributed by atoms with E-state index in [4.69, 9.17) is 9.72 Å². The van der Waals surface area contributed by atoms with Gasteiger partial charge in [-0.25, -0.2) is 14.5 Å². The van der Waals surface area contributed by atoms with Crippen molar-refractivity contribution < 1.29 is 17.9 Å². The predicted octanol–water partition coefficient (Wildman–Crippen LogP) is 5.16. The van der Waals surface area contributed by atoms with Crippen LogP contribution in [0.15, 0.2) is 18.6 Å². The Kier molecular flexibility index (Phi) is 6.73. The zero-order valence-electron chi connectivity index (χ0n) is 20.3. The van der Waals surface area contributed by atoms with Crippen LogP contribution in [-0.2, 0) is 12.8 Å². The van der Waals surface area contributed by atoms with Crippen molar-refractivity contribution in [1.29, 1.82) is 0 Å². The van der Waals surface area contributed by atoms with Crippen LogP contribution < -0.4 is 10.1 Å². The van der Waals surface area contributed by atoms with Gasteiger partial charge in [-0.05, 0) is 44.2 Å². The molecule has 1 atom stereocenters. The van der Waals surface area contributed by atoms with E-state index >= 15 is 0 Å². The number of thiazole rings is 1. The van der Waals surface area contributed by atoms with Crippen LogP contribution in [0.1, 0.15) is 55.2 Å². The molecule has 0 aliphatic heterocycles. The van der Waals surface area contributed by atoms with Crippen molar-refractivity contribution in [2.45, 2.75) is 64.1 Å². The van der Waals surface area contributed by atoms with Gasteiger partial charge in [0, 0.05) is 34.7 Å². The average Bonchev–Trinajstić information content (AvgIpc) is 3.57. The maximum Gasteiger partial charge on any atom is 0.389 e. The van der Waals surface area contributed by atoms with Crippen LogP contribution in [0.25, 0.3) is 27.6 Å². The number of pyridine rings is 1. The maximum atomic E-state index is 12.4. The summed E-state index contributed by atoms with van der Waals surface area (Å²) in [6.45, 7) is 4.61. The molecule has 0 fully saturated rings. The van der Waals surface area contributed by atoms with Crippen molar-refractivity contribution in [2.24, 2.45) is 0 Å². The highest BCUT2D eigenvalue weighted by atomic mass is 32.1. The lowest BCUT2D eigenvalue weighted by atomic mass is 9.96. The maximum absolute atomic E-state index is 12.4. The second kappa shape index (κ2) is 9.81. The molecule has 0 spiro atoms. The highest BCUT2D eigenvalue weighted by molar-refractivity contribution is 7.15. The van der Waals surface area contributed by atoms with Crippen molar-refractivity contribution >= 4 is 17.0 Å². The number of hydrogen-bond acceptors (Lipinski definition) is 7. The minimum atomic E-state index is -4.10. The van der Waals surface area contributed by atoms with E-state index in [0.29, 0.717) is 17.9 Å². The summed E-state index contributed by atoms with van der Waals surface area (Å²) in [6.07, 6.45) is 1.07. The number of fused-ring (bicyclic) bond motifs is 2. The van der Waals surface area contributed by atoms with E-state index in [-0.39, 0.29) is 18.4 Å². The molecule has 0 bridgehead atoms. The van der Waals surface area contributed by atoms with Crippen molar-refractivity contribution in [1.82, 2.24) is 35.1 Å². The van der Waals surface area contributed by atoms with Gasteiger partial charge in [0.2, 0.25) is 0 Å². The Morgan fingerprint density at radius 2 is 2.17 bits per heavy atom. The van der Waals surface area contributed by atoms with E-state index in [0.717, 1.165) is 52.5 Å². The second-order valence-corrected chi connectivity index (χ2v) is 10.4. The highest BCUT2D eigenvalue weighted by Gasteiger charge is 2.28. The summed E-state index contributed by atoms with van der Waals surface area (Å²) in [7, 11) is 1.61. The Morgan fingerprint density at radius 3 is 2.92 bits per heavy atom. The lowest BCUT2D eigenvalue weighted by molar-refractivity contribution is -0.135. The standard InChI is InChI=1S/C24H28F3N7OS/c1-13(2)19-20(14-9-17(35-3)22-29-12-30-34(22)11-14)32-33-21(19)23-31-16-6-5-15(10-18(16)36-23)28-8-4-7-24(25,26)27/h9,11-13,15,28H,4-8,10H2,1-3H3,(H,32,33). The zero-order chi connectivity index (χ0) is 25.4. The largest absolute Gasteiger partial charge is 0.493 e. The molecule has 1 unspecified atom stereocenters. The van der Waals surface area contributed by atoms with Gasteiger partial charge in [-0.1, -0.05) is 13.8 Å². The number of aryl methyl sites for hydroxylation is 1. The number of ether oxygens (including phenoxy) is 1. The van der Waals surface area contributed by atoms with Gasteiger partial charge in [0.25, 0.3) is 0 Å². The van der Waals surface area contributed by atoms with Crippen molar-refractivity contribution in [3.8, 4) is 27.7 Å². The number of alkyl halides is 3. The monoisotopic (exact) mass is 519 g/mol. The summed E-state index contributed by atoms with van der Waals surface area (Å²) >= 11 is 1.62. The van der Waals surface area contributed by atoms with E-state index < -0.39 is 12.6 Å². The third kappa shape index (κ3) is 4.96. The van der Waals surface area contributed by atoms with Gasteiger partial charge in [-0.2, -0.15) is 23.4 Å². The molecule has 0 radical (unpaired) electrons. The SMILES string of the molecule is COc1cc(-c2[nH]nc(-c3nc4c(s3)CC(NCCCC(F)(F)F)CC4)c2C(C)C)cn2ncnc12. The highest BCUT2D eigenvalue weighted by Crippen LogP contribution is 2.40. The van der Waals surface area contributed by atoms with E-state index in [1.54, 1.807) is 23.0 Å². The molecule has 0 saturated carbocycles. The first-order valence-electron chi connectivity index (χ1n) is 12.0. The van der Waals surface area contributed by atoms with E-state index in [1.165, 1.54) is 11.2 Å².